The third-order valence-corrected chi connectivity index (χ3v) is 6.86. The first-order chi connectivity index (χ1) is 16.5. The molecule has 0 aliphatic carbocycles. The van der Waals surface area contributed by atoms with Crippen LogP contribution in [0.2, 0.25) is 0 Å². The molecule has 0 aromatic carbocycles. The first-order valence-corrected chi connectivity index (χ1v) is 14.3. The molecule has 0 fully saturated rings. The van der Waals surface area contributed by atoms with E-state index in [4.69, 9.17) is 18.9 Å². The summed E-state index contributed by atoms with van der Waals surface area (Å²) in [4.78, 5) is 41.8. The molecule has 3 N–H and O–H groups in total. The zero-order valence-corrected chi connectivity index (χ0v) is 27.6. The van der Waals surface area contributed by atoms with Crippen molar-refractivity contribution in [2.24, 2.45) is 0 Å². The molecule has 0 aromatic heterocycles. The zero-order valence-electron chi connectivity index (χ0n) is 22.0. The van der Waals surface area contributed by atoms with Crippen molar-refractivity contribution in [3.05, 3.63) is 0 Å². The number of rotatable bonds is 19. The summed E-state index contributed by atoms with van der Waals surface area (Å²) in [7, 11) is -9.72. The van der Waals surface area contributed by atoms with Crippen LogP contribution in [0.4, 0.5) is 0 Å². The molecule has 0 heterocycles. The number of hydrogen-bond donors (Lipinski definition) is 3. The van der Waals surface area contributed by atoms with Crippen LogP contribution in [0.25, 0.3) is 0 Å². The molecule has 0 aromatic rings. The van der Waals surface area contributed by atoms with Gasteiger partial charge in [-0.1, -0.05) is 64.7 Å². The average molecular weight is 609 g/mol. The van der Waals surface area contributed by atoms with Crippen LogP contribution in [-0.4, -0.2) is 72.0 Å². The smallest absolute Gasteiger partial charge is 0.550 e. The Balaban J connectivity index is -0.000000351. The first kappa shape index (κ1) is 44.7. The summed E-state index contributed by atoms with van der Waals surface area (Å²) in [5.41, 5.74) is 0. The molecule has 0 saturated heterocycles. The Morgan fingerprint density at radius 2 is 1.11 bits per heavy atom. The molecule has 18 heteroatoms. The average Bonchev–Trinajstić information content (AvgIpc) is 2.72. The minimum absolute atomic E-state index is 0. The standard InChI is InChI=1S/C16H30O7S.C4H6O7S.2Na/c1-2-3-4-5-6-7-8-9-10-11-12-23-16(19)14(13-15(17)18)24(20,21)22;5-3(6)1-2(4(7)8)12(9,10)11;;/h14H,2-13H2,1H3,(H,17,18)(H,20,21,22);2H,1H2,(H,5,6)(H,7,8)(H,9,10,11);;/q;;2*+1/p-2. The van der Waals surface area contributed by atoms with E-state index in [0.29, 0.717) is 6.42 Å². The van der Waals surface area contributed by atoms with E-state index in [-0.39, 0.29) is 65.7 Å². The number of esters is 1. The van der Waals surface area contributed by atoms with Crippen molar-refractivity contribution < 1.29 is 124 Å². The number of carbonyl (C=O) groups is 4. The molecule has 0 spiro atoms. The molecular formula is C20H34Na2O14S2. The van der Waals surface area contributed by atoms with E-state index in [2.05, 4.69) is 6.92 Å². The van der Waals surface area contributed by atoms with Crippen molar-refractivity contribution in [3.63, 3.8) is 0 Å². The molecule has 0 amide bonds. The maximum absolute atomic E-state index is 11.5. The zero-order chi connectivity index (χ0) is 28.4. The Bertz CT molecular complexity index is 907. The summed E-state index contributed by atoms with van der Waals surface area (Å²) in [5.74, 6) is -6.78. The number of aliphatic carboxylic acids is 3. The molecule has 2 atom stereocenters. The fourth-order valence-corrected chi connectivity index (χ4v) is 4.04. The minimum Gasteiger partial charge on any atom is -0.550 e. The van der Waals surface area contributed by atoms with E-state index < -0.39 is 67.5 Å². The number of carboxylic acids is 3. The molecule has 38 heavy (non-hydrogen) atoms. The van der Waals surface area contributed by atoms with Gasteiger partial charge in [0.2, 0.25) is 0 Å². The SMILES string of the molecule is CCCCCCCCCCCCOC(=O)C(CC(=O)[O-])S(=O)(=O)O.O=C(O)CC(C(=O)[O-])S(=O)(=O)O.[Na+].[Na+]. The molecule has 0 rings (SSSR count). The van der Waals surface area contributed by atoms with Gasteiger partial charge in [0, 0.05) is 12.4 Å². The molecule has 14 nitrogen and oxygen atoms in total. The van der Waals surface area contributed by atoms with Gasteiger partial charge < -0.3 is 29.6 Å². The van der Waals surface area contributed by atoms with Gasteiger partial charge in [0.15, 0.2) is 5.25 Å². The van der Waals surface area contributed by atoms with Gasteiger partial charge in [-0.2, -0.15) is 16.8 Å². The van der Waals surface area contributed by atoms with E-state index in [9.17, 15) is 46.2 Å². The second-order valence-corrected chi connectivity index (χ2v) is 11.0. The van der Waals surface area contributed by atoms with Gasteiger partial charge >= 0.3 is 71.1 Å². The molecule has 0 bridgehead atoms. The van der Waals surface area contributed by atoms with E-state index in [1.54, 1.807) is 0 Å². The van der Waals surface area contributed by atoms with Gasteiger partial charge in [-0.15, -0.1) is 0 Å². The van der Waals surface area contributed by atoms with Crippen LogP contribution in [0.1, 0.15) is 84.0 Å². The normalized spacial score (nSPS) is 12.4. The van der Waals surface area contributed by atoms with Gasteiger partial charge in [0.1, 0.15) is 5.25 Å². The topological polar surface area (TPSA) is 253 Å². The molecule has 0 aliphatic rings. The van der Waals surface area contributed by atoms with Crippen molar-refractivity contribution >= 4 is 44.1 Å². The van der Waals surface area contributed by atoms with Crippen molar-refractivity contribution in [2.75, 3.05) is 6.61 Å². The fourth-order valence-electron chi connectivity index (χ4n) is 2.79. The van der Waals surface area contributed by atoms with Crippen molar-refractivity contribution in [1.82, 2.24) is 0 Å². The summed E-state index contributed by atoms with van der Waals surface area (Å²) in [5, 5.41) is 23.9. The van der Waals surface area contributed by atoms with Crippen molar-refractivity contribution in [3.8, 4) is 0 Å². The molecule has 0 aliphatic heterocycles. The Morgan fingerprint density at radius 1 is 0.711 bits per heavy atom. The number of hydrogen-bond acceptors (Lipinski definition) is 11. The third kappa shape index (κ3) is 26.0. The van der Waals surface area contributed by atoms with E-state index >= 15 is 0 Å². The van der Waals surface area contributed by atoms with Gasteiger partial charge in [0.25, 0.3) is 20.2 Å². The molecular weight excluding hydrogens is 574 g/mol. The Morgan fingerprint density at radius 3 is 1.39 bits per heavy atom. The number of ether oxygens (including phenoxy) is 1. The van der Waals surface area contributed by atoms with Gasteiger partial charge in [-0.25, -0.2) is 0 Å². The van der Waals surface area contributed by atoms with Crippen LogP contribution in [0.3, 0.4) is 0 Å². The van der Waals surface area contributed by atoms with Crippen LogP contribution < -0.4 is 69.3 Å². The number of carboxylic acid groups (broad SMARTS) is 3. The predicted octanol–water partition coefficient (Wildman–Crippen LogP) is -6.68. The second kappa shape index (κ2) is 24.5. The quantitative estimate of drug-likeness (QED) is 0.0533. The van der Waals surface area contributed by atoms with Crippen LogP contribution in [-0.2, 0) is 44.2 Å². The minimum atomic E-state index is -4.90. The monoisotopic (exact) mass is 608 g/mol. The second-order valence-electron chi connectivity index (χ2n) is 7.85. The summed E-state index contributed by atoms with van der Waals surface area (Å²) >= 11 is 0. The molecule has 212 valence electrons. The third-order valence-electron chi connectivity index (χ3n) is 4.70. The van der Waals surface area contributed by atoms with Crippen LogP contribution in [0.5, 0.6) is 0 Å². The van der Waals surface area contributed by atoms with E-state index in [1.165, 1.54) is 38.5 Å². The largest absolute Gasteiger partial charge is 1.00 e. The fraction of sp³-hybridized carbons (Fsp3) is 0.800. The summed E-state index contributed by atoms with van der Waals surface area (Å²) in [6.45, 7) is 2.19. The van der Waals surface area contributed by atoms with Gasteiger partial charge in [-0.3, -0.25) is 18.7 Å². The summed E-state index contributed by atoms with van der Waals surface area (Å²) in [6.07, 6.45) is 8.68. The summed E-state index contributed by atoms with van der Waals surface area (Å²) < 4.78 is 64.1. The van der Waals surface area contributed by atoms with E-state index in [0.717, 1.165) is 19.3 Å². The Labute approximate surface area is 267 Å². The maximum atomic E-state index is 11.5. The number of carbonyl (C=O) groups excluding carboxylic acids is 3. The molecule has 0 radical (unpaired) electrons. The first-order valence-electron chi connectivity index (χ1n) is 11.3. The van der Waals surface area contributed by atoms with Crippen LogP contribution in [0, 0.1) is 0 Å². The Kier molecular flexibility index (Phi) is 28.8. The Hall–Kier alpha value is -0.300. The van der Waals surface area contributed by atoms with Crippen LogP contribution in [0.15, 0.2) is 0 Å². The van der Waals surface area contributed by atoms with E-state index in [1.807, 2.05) is 0 Å². The number of unbranched alkanes of at least 4 members (excludes halogenated alkanes) is 9. The predicted molar refractivity (Wildman–Crippen MR) is 120 cm³/mol. The van der Waals surface area contributed by atoms with Crippen molar-refractivity contribution in [2.45, 2.75) is 94.5 Å². The molecule has 2 unspecified atom stereocenters. The van der Waals surface area contributed by atoms with Gasteiger partial charge in [-0.05, 0) is 6.42 Å². The molecule has 0 saturated carbocycles. The summed E-state index contributed by atoms with van der Waals surface area (Å²) in [6, 6.07) is 0. The van der Waals surface area contributed by atoms with Crippen LogP contribution >= 0.6 is 0 Å². The van der Waals surface area contributed by atoms with Gasteiger partial charge in [0.05, 0.1) is 19.0 Å². The maximum Gasteiger partial charge on any atom is 1.00 e. The van der Waals surface area contributed by atoms with Crippen molar-refractivity contribution in [1.29, 1.82) is 0 Å².